The molecule has 0 fully saturated rings. The van der Waals surface area contributed by atoms with Crippen molar-refractivity contribution < 1.29 is 9.53 Å². The van der Waals surface area contributed by atoms with Gasteiger partial charge in [0.25, 0.3) is 5.91 Å². The Bertz CT molecular complexity index is 845. The second-order valence-corrected chi connectivity index (χ2v) is 6.15. The Morgan fingerprint density at radius 2 is 1.64 bits per heavy atom. The van der Waals surface area contributed by atoms with Crippen molar-refractivity contribution in [3.8, 4) is 5.75 Å². The summed E-state index contributed by atoms with van der Waals surface area (Å²) in [6.07, 6.45) is 0.275. The van der Waals surface area contributed by atoms with Crippen LogP contribution in [0.15, 0.2) is 72.8 Å². The molecule has 3 heteroatoms. The topological polar surface area (TPSA) is 38.3 Å². The summed E-state index contributed by atoms with van der Waals surface area (Å²) in [5, 5.41) is 5.33. The van der Waals surface area contributed by atoms with Crippen LogP contribution in [0.4, 0.5) is 0 Å². The van der Waals surface area contributed by atoms with Crippen LogP contribution in [0.25, 0.3) is 10.8 Å². The molecule has 0 saturated heterocycles. The van der Waals surface area contributed by atoms with Crippen LogP contribution in [0.1, 0.15) is 31.9 Å². The SMILES string of the molecule is CC[C@H](NC(=O)[C@@H](C)Oc1ccc2ccccc2c1)c1ccccc1. The fourth-order valence-electron chi connectivity index (χ4n) is 2.89. The molecule has 0 aliphatic heterocycles. The molecule has 1 N–H and O–H groups in total. The molecule has 0 aromatic heterocycles. The Balaban J connectivity index is 1.67. The van der Waals surface area contributed by atoms with Crippen molar-refractivity contribution in [2.24, 2.45) is 0 Å². The molecule has 0 unspecified atom stereocenters. The van der Waals surface area contributed by atoms with Gasteiger partial charge in [-0.3, -0.25) is 4.79 Å². The van der Waals surface area contributed by atoms with Gasteiger partial charge in [0.1, 0.15) is 5.75 Å². The first-order valence-electron chi connectivity index (χ1n) is 8.68. The summed E-state index contributed by atoms with van der Waals surface area (Å²) in [4.78, 5) is 12.5. The van der Waals surface area contributed by atoms with Gasteiger partial charge < -0.3 is 10.1 Å². The number of rotatable bonds is 6. The zero-order valence-electron chi connectivity index (χ0n) is 14.6. The van der Waals surface area contributed by atoms with Gasteiger partial charge in [-0.1, -0.05) is 67.6 Å². The number of amides is 1. The summed E-state index contributed by atoms with van der Waals surface area (Å²) in [5.74, 6) is 0.595. The number of nitrogens with one attached hydrogen (secondary N) is 1. The van der Waals surface area contributed by atoms with Crippen LogP contribution in [-0.4, -0.2) is 12.0 Å². The number of carbonyl (C=O) groups is 1. The number of ether oxygens (including phenoxy) is 1. The van der Waals surface area contributed by atoms with E-state index in [2.05, 4.69) is 18.3 Å². The molecular formula is C22H23NO2. The maximum atomic E-state index is 12.5. The van der Waals surface area contributed by atoms with Crippen LogP contribution in [0.3, 0.4) is 0 Å². The smallest absolute Gasteiger partial charge is 0.261 e. The first kappa shape index (κ1) is 17.0. The van der Waals surface area contributed by atoms with E-state index in [4.69, 9.17) is 4.74 Å². The van der Waals surface area contributed by atoms with Crippen molar-refractivity contribution >= 4 is 16.7 Å². The Morgan fingerprint density at radius 1 is 0.960 bits per heavy atom. The van der Waals surface area contributed by atoms with E-state index in [1.165, 1.54) is 0 Å². The third-order valence-electron chi connectivity index (χ3n) is 4.33. The van der Waals surface area contributed by atoms with E-state index >= 15 is 0 Å². The van der Waals surface area contributed by atoms with Gasteiger partial charge in [0.2, 0.25) is 0 Å². The van der Waals surface area contributed by atoms with Gasteiger partial charge in [-0.2, -0.15) is 0 Å². The van der Waals surface area contributed by atoms with Crippen molar-refractivity contribution in [3.63, 3.8) is 0 Å². The van der Waals surface area contributed by atoms with Crippen LogP contribution < -0.4 is 10.1 Å². The maximum Gasteiger partial charge on any atom is 0.261 e. The third kappa shape index (κ3) is 4.18. The normalized spacial score (nSPS) is 13.2. The van der Waals surface area contributed by atoms with Gasteiger partial charge in [-0.15, -0.1) is 0 Å². The van der Waals surface area contributed by atoms with Crippen molar-refractivity contribution in [1.82, 2.24) is 5.32 Å². The van der Waals surface area contributed by atoms with Crippen LogP contribution in [0.2, 0.25) is 0 Å². The molecule has 0 aliphatic rings. The molecule has 0 saturated carbocycles. The van der Waals surface area contributed by atoms with Crippen molar-refractivity contribution in [3.05, 3.63) is 78.4 Å². The number of fused-ring (bicyclic) bond motifs is 1. The van der Waals surface area contributed by atoms with E-state index in [0.717, 1.165) is 22.8 Å². The Hall–Kier alpha value is -2.81. The largest absolute Gasteiger partial charge is 0.481 e. The molecule has 0 aliphatic carbocycles. The molecule has 0 bridgehead atoms. The molecule has 3 aromatic rings. The van der Waals surface area contributed by atoms with Crippen LogP contribution in [0.5, 0.6) is 5.75 Å². The molecule has 0 spiro atoms. The molecule has 0 radical (unpaired) electrons. The molecule has 2 atom stereocenters. The number of carbonyl (C=O) groups excluding carboxylic acids is 1. The van der Waals surface area contributed by atoms with E-state index in [-0.39, 0.29) is 11.9 Å². The van der Waals surface area contributed by atoms with Gasteiger partial charge in [-0.25, -0.2) is 0 Å². The average molecular weight is 333 g/mol. The highest BCUT2D eigenvalue weighted by molar-refractivity contribution is 5.84. The fourth-order valence-corrected chi connectivity index (χ4v) is 2.89. The highest BCUT2D eigenvalue weighted by Crippen LogP contribution is 2.22. The molecule has 128 valence electrons. The highest BCUT2D eigenvalue weighted by Gasteiger charge is 2.19. The van der Waals surface area contributed by atoms with E-state index in [9.17, 15) is 4.79 Å². The second-order valence-electron chi connectivity index (χ2n) is 6.15. The van der Waals surface area contributed by atoms with Gasteiger partial charge in [0.05, 0.1) is 6.04 Å². The molecular weight excluding hydrogens is 310 g/mol. The van der Waals surface area contributed by atoms with Crippen molar-refractivity contribution in [2.75, 3.05) is 0 Å². The monoisotopic (exact) mass is 333 g/mol. The standard InChI is InChI=1S/C22H23NO2/c1-3-21(18-10-5-4-6-11-18)23-22(24)16(2)25-20-14-13-17-9-7-8-12-19(17)15-20/h4-16,21H,3H2,1-2H3,(H,23,24)/t16-,21+/m1/s1. The molecule has 1 amide bonds. The first-order chi connectivity index (χ1) is 12.2. The minimum absolute atomic E-state index is 0.00338. The fraction of sp³-hybridized carbons (Fsp3) is 0.227. The van der Waals surface area contributed by atoms with Crippen molar-refractivity contribution in [1.29, 1.82) is 0 Å². The molecule has 3 rings (SSSR count). The lowest BCUT2D eigenvalue weighted by Crippen LogP contribution is -2.38. The van der Waals surface area contributed by atoms with E-state index in [1.807, 2.05) is 66.7 Å². The Morgan fingerprint density at radius 3 is 2.36 bits per heavy atom. The van der Waals surface area contributed by atoms with Gasteiger partial charge in [-0.05, 0) is 41.8 Å². The lowest BCUT2D eigenvalue weighted by molar-refractivity contribution is -0.128. The van der Waals surface area contributed by atoms with E-state index in [1.54, 1.807) is 6.92 Å². The second kappa shape index (κ2) is 7.84. The highest BCUT2D eigenvalue weighted by atomic mass is 16.5. The van der Waals surface area contributed by atoms with E-state index in [0.29, 0.717) is 5.75 Å². The van der Waals surface area contributed by atoms with Crippen LogP contribution in [0, 0.1) is 0 Å². The average Bonchev–Trinajstić information content (AvgIpc) is 2.66. The summed E-state index contributed by atoms with van der Waals surface area (Å²) < 4.78 is 5.85. The molecule has 25 heavy (non-hydrogen) atoms. The minimum Gasteiger partial charge on any atom is -0.481 e. The first-order valence-corrected chi connectivity index (χ1v) is 8.68. The predicted molar refractivity (Wildman–Crippen MR) is 102 cm³/mol. The Kier molecular flexibility index (Phi) is 5.34. The molecule has 3 nitrogen and oxygen atoms in total. The zero-order chi connectivity index (χ0) is 17.6. The number of hydrogen-bond donors (Lipinski definition) is 1. The lowest BCUT2D eigenvalue weighted by Gasteiger charge is -2.21. The summed E-state index contributed by atoms with van der Waals surface area (Å²) in [6, 6.07) is 24.0. The number of hydrogen-bond acceptors (Lipinski definition) is 2. The Labute approximate surface area is 148 Å². The molecule has 0 heterocycles. The lowest BCUT2D eigenvalue weighted by atomic mass is 10.0. The van der Waals surface area contributed by atoms with Crippen LogP contribution in [-0.2, 0) is 4.79 Å². The summed E-state index contributed by atoms with van der Waals surface area (Å²) in [5.41, 5.74) is 1.11. The minimum atomic E-state index is -0.557. The maximum absolute atomic E-state index is 12.5. The quantitative estimate of drug-likeness (QED) is 0.698. The van der Waals surface area contributed by atoms with Crippen molar-refractivity contribution in [2.45, 2.75) is 32.4 Å². The van der Waals surface area contributed by atoms with Gasteiger partial charge >= 0.3 is 0 Å². The molecule has 3 aromatic carbocycles. The van der Waals surface area contributed by atoms with Gasteiger partial charge in [0, 0.05) is 0 Å². The zero-order valence-corrected chi connectivity index (χ0v) is 14.6. The summed E-state index contributed by atoms with van der Waals surface area (Å²) >= 11 is 0. The summed E-state index contributed by atoms with van der Waals surface area (Å²) in [7, 11) is 0. The van der Waals surface area contributed by atoms with E-state index < -0.39 is 6.10 Å². The van der Waals surface area contributed by atoms with Crippen LogP contribution >= 0.6 is 0 Å². The number of benzene rings is 3. The third-order valence-corrected chi connectivity index (χ3v) is 4.33. The van der Waals surface area contributed by atoms with Gasteiger partial charge in [0.15, 0.2) is 6.10 Å². The summed E-state index contributed by atoms with van der Waals surface area (Å²) in [6.45, 7) is 3.84. The predicted octanol–water partition coefficient (Wildman–Crippen LogP) is 4.87.